The van der Waals surface area contributed by atoms with Gasteiger partial charge < -0.3 is 10.1 Å². The van der Waals surface area contributed by atoms with Crippen molar-refractivity contribution in [3.63, 3.8) is 0 Å². The average molecular weight is 319 g/mol. The van der Waals surface area contributed by atoms with Gasteiger partial charge in [-0.05, 0) is 17.7 Å². The van der Waals surface area contributed by atoms with Crippen molar-refractivity contribution in [2.45, 2.75) is 19.9 Å². The second-order valence-electron chi connectivity index (χ2n) is 4.81. The number of halogens is 2. The van der Waals surface area contributed by atoms with Gasteiger partial charge in [0.05, 0.1) is 6.04 Å². The summed E-state index contributed by atoms with van der Waals surface area (Å²) in [6.45, 7) is 4.51. The third-order valence-corrected chi connectivity index (χ3v) is 3.81. The fraction of sp³-hybridized carbons (Fsp3) is 0.417. The van der Waals surface area contributed by atoms with Gasteiger partial charge in [-0.1, -0.05) is 47.4 Å². The number of amides is 1. The lowest BCUT2D eigenvalue weighted by Gasteiger charge is -2.39. The molecule has 92 valence electrons. The van der Waals surface area contributed by atoms with Crippen LogP contribution in [0, 0.1) is 5.41 Å². The van der Waals surface area contributed by atoms with Crippen LogP contribution >= 0.6 is 27.5 Å². The quantitative estimate of drug-likeness (QED) is 0.852. The molecular formula is C12H13BrClNO2. The Morgan fingerprint density at radius 2 is 2.24 bits per heavy atom. The molecule has 0 radical (unpaired) electrons. The summed E-state index contributed by atoms with van der Waals surface area (Å²) in [6.07, 6.45) is -0.379. The van der Waals surface area contributed by atoms with Crippen LogP contribution in [0.25, 0.3) is 0 Å². The van der Waals surface area contributed by atoms with Crippen molar-refractivity contribution in [1.29, 1.82) is 0 Å². The number of hydrogen-bond acceptors (Lipinski definition) is 2. The molecule has 0 aliphatic carbocycles. The van der Waals surface area contributed by atoms with Crippen LogP contribution in [0.15, 0.2) is 22.7 Å². The number of carbonyl (C=O) groups excluding carboxylic acids is 1. The number of ether oxygens (including phenoxy) is 1. The SMILES string of the molecule is CC1(C)COC(=O)N[C@H]1c1ccc(Cl)cc1Br. The van der Waals surface area contributed by atoms with Crippen LogP contribution in [0.2, 0.25) is 5.02 Å². The van der Waals surface area contributed by atoms with Crippen LogP contribution in [0.4, 0.5) is 4.79 Å². The zero-order valence-electron chi connectivity index (χ0n) is 9.59. The number of nitrogens with one attached hydrogen (secondary N) is 1. The van der Waals surface area contributed by atoms with Crippen LogP contribution < -0.4 is 5.32 Å². The molecule has 1 saturated heterocycles. The number of cyclic esters (lactones) is 1. The zero-order chi connectivity index (χ0) is 12.6. The van der Waals surface area contributed by atoms with E-state index >= 15 is 0 Å². The molecular weight excluding hydrogens is 305 g/mol. The summed E-state index contributed by atoms with van der Waals surface area (Å²) >= 11 is 9.39. The molecule has 1 amide bonds. The highest BCUT2D eigenvalue weighted by Gasteiger charge is 2.38. The predicted octanol–water partition coefficient (Wildman–Crippen LogP) is 3.91. The third-order valence-electron chi connectivity index (χ3n) is 2.89. The molecule has 0 saturated carbocycles. The Hall–Kier alpha value is -0.740. The number of rotatable bonds is 1. The Morgan fingerprint density at radius 1 is 1.53 bits per heavy atom. The topological polar surface area (TPSA) is 38.3 Å². The molecule has 1 N–H and O–H groups in total. The van der Waals surface area contributed by atoms with Crippen molar-refractivity contribution in [3.8, 4) is 0 Å². The maximum atomic E-state index is 11.3. The van der Waals surface area contributed by atoms with Gasteiger partial charge in [0.1, 0.15) is 6.61 Å². The summed E-state index contributed by atoms with van der Waals surface area (Å²) in [5, 5.41) is 3.51. The molecule has 1 aromatic rings. The first-order valence-electron chi connectivity index (χ1n) is 5.28. The fourth-order valence-corrected chi connectivity index (χ4v) is 2.84. The van der Waals surface area contributed by atoms with E-state index < -0.39 is 0 Å². The summed E-state index contributed by atoms with van der Waals surface area (Å²) < 4.78 is 5.91. The standard InChI is InChI=1S/C12H13BrClNO2/c1-12(2)6-17-11(16)15-10(12)8-4-3-7(14)5-9(8)13/h3-5,10H,6H2,1-2H3,(H,15,16)/t10-/m0/s1. The van der Waals surface area contributed by atoms with E-state index in [1.165, 1.54) is 0 Å². The van der Waals surface area contributed by atoms with E-state index in [0.717, 1.165) is 10.0 Å². The van der Waals surface area contributed by atoms with Crippen molar-refractivity contribution in [2.75, 3.05) is 6.61 Å². The van der Waals surface area contributed by atoms with Crippen molar-refractivity contribution in [2.24, 2.45) is 5.41 Å². The zero-order valence-corrected chi connectivity index (χ0v) is 11.9. The predicted molar refractivity (Wildman–Crippen MR) is 70.2 cm³/mol. The Bertz CT molecular complexity index is 462. The smallest absolute Gasteiger partial charge is 0.407 e. The summed E-state index contributed by atoms with van der Waals surface area (Å²) in [5.74, 6) is 0. The van der Waals surface area contributed by atoms with Crippen molar-refractivity contribution >= 4 is 33.6 Å². The highest BCUT2D eigenvalue weighted by atomic mass is 79.9. The molecule has 1 aliphatic rings. The Kier molecular flexibility index (Phi) is 3.36. The molecule has 1 atom stereocenters. The average Bonchev–Trinajstić information content (AvgIpc) is 2.23. The van der Waals surface area contributed by atoms with Crippen LogP contribution in [0.5, 0.6) is 0 Å². The molecule has 3 nitrogen and oxygen atoms in total. The molecule has 17 heavy (non-hydrogen) atoms. The molecule has 0 spiro atoms. The van der Waals surface area contributed by atoms with Gasteiger partial charge in [0.15, 0.2) is 0 Å². The van der Waals surface area contributed by atoms with Gasteiger partial charge in [-0.25, -0.2) is 4.79 Å². The van der Waals surface area contributed by atoms with E-state index in [0.29, 0.717) is 11.6 Å². The van der Waals surface area contributed by atoms with Crippen molar-refractivity contribution in [3.05, 3.63) is 33.3 Å². The second kappa shape index (κ2) is 4.50. The van der Waals surface area contributed by atoms with Gasteiger partial charge in [-0.15, -0.1) is 0 Å². The summed E-state index contributed by atoms with van der Waals surface area (Å²) in [5.41, 5.74) is 0.848. The Balaban J connectivity index is 2.39. The van der Waals surface area contributed by atoms with Crippen molar-refractivity contribution in [1.82, 2.24) is 5.32 Å². The monoisotopic (exact) mass is 317 g/mol. The van der Waals surface area contributed by atoms with Gasteiger partial charge in [0.2, 0.25) is 0 Å². The van der Waals surface area contributed by atoms with Crippen LogP contribution in [0.1, 0.15) is 25.5 Å². The van der Waals surface area contributed by atoms with Crippen LogP contribution in [-0.2, 0) is 4.74 Å². The van der Waals surface area contributed by atoms with Crippen LogP contribution in [-0.4, -0.2) is 12.7 Å². The number of hydrogen-bond donors (Lipinski definition) is 1. The highest BCUT2D eigenvalue weighted by Crippen LogP contribution is 2.39. The molecule has 1 aromatic carbocycles. The van der Waals surface area contributed by atoms with Gasteiger partial charge in [-0.2, -0.15) is 0 Å². The summed E-state index contributed by atoms with van der Waals surface area (Å²) in [7, 11) is 0. The molecule has 1 aliphatic heterocycles. The highest BCUT2D eigenvalue weighted by molar-refractivity contribution is 9.10. The minimum atomic E-state index is -0.379. The van der Waals surface area contributed by atoms with Crippen molar-refractivity contribution < 1.29 is 9.53 Å². The maximum Gasteiger partial charge on any atom is 0.407 e. The number of alkyl carbamates (subject to hydrolysis) is 1. The lowest BCUT2D eigenvalue weighted by atomic mass is 9.80. The van der Waals surface area contributed by atoms with E-state index in [4.69, 9.17) is 16.3 Å². The van der Waals surface area contributed by atoms with E-state index in [-0.39, 0.29) is 17.6 Å². The molecule has 5 heteroatoms. The van der Waals surface area contributed by atoms with Gasteiger partial charge in [0.25, 0.3) is 0 Å². The molecule has 1 fully saturated rings. The summed E-state index contributed by atoms with van der Waals surface area (Å²) in [6, 6.07) is 5.48. The first-order valence-corrected chi connectivity index (χ1v) is 6.45. The van der Waals surface area contributed by atoms with Gasteiger partial charge in [-0.3, -0.25) is 0 Å². The second-order valence-corrected chi connectivity index (χ2v) is 6.10. The first-order chi connectivity index (χ1) is 7.90. The maximum absolute atomic E-state index is 11.3. The van der Waals surface area contributed by atoms with Crippen LogP contribution in [0.3, 0.4) is 0 Å². The molecule has 0 aromatic heterocycles. The third kappa shape index (κ3) is 2.58. The van der Waals surface area contributed by atoms with E-state index in [1.54, 1.807) is 0 Å². The number of carbonyl (C=O) groups is 1. The molecule has 2 rings (SSSR count). The minimum Gasteiger partial charge on any atom is -0.449 e. The molecule has 0 unspecified atom stereocenters. The fourth-order valence-electron chi connectivity index (χ4n) is 1.92. The van der Waals surface area contributed by atoms with E-state index in [9.17, 15) is 4.79 Å². The normalized spacial score (nSPS) is 22.8. The molecule has 1 heterocycles. The first kappa shape index (κ1) is 12.7. The minimum absolute atomic E-state index is 0.0876. The van der Waals surface area contributed by atoms with E-state index in [2.05, 4.69) is 35.1 Å². The Morgan fingerprint density at radius 3 is 2.88 bits per heavy atom. The lowest BCUT2D eigenvalue weighted by molar-refractivity contribution is 0.0385. The Labute approximate surface area is 114 Å². The summed E-state index contributed by atoms with van der Waals surface area (Å²) in [4.78, 5) is 11.3. The van der Waals surface area contributed by atoms with Gasteiger partial charge in [0, 0.05) is 14.9 Å². The van der Waals surface area contributed by atoms with Gasteiger partial charge >= 0.3 is 6.09 Å². The molecule has 0 bridgehead atoms. The largest absolute Gasteiger partial charge is 0.449 e. The lowest BCUT2D eigenvalue weighted by Crippen LogP contribution is -2.47. The van der Waals surface area contributed by atoms with E-state index in [1.807, 2.05) is 18.2 Å². The number of benzene rings is 1.